The Balaban J connectivity index is 2.04. The number of hydrogen-bond donors (Lipinski definition) is 1. The average Bonchev–Trinajstić information content (AvgIpc) is 2.76. The van der Waals surface area contributed by atoms with Gasteiger partial charge in [0.1, 0.15) is 10.7 Å². The van der Waals surface area contributed by atoms with Gasteiger partial charge in [0.2, 0.25) is 0 Å². The van der Waals surface area contributed by atoms with Crippen LogP contribution in [0.1, 0.15) is 5.76 Å². The number of anilines is 1. The fourth-order valence-corrected chi connectivity index (χ4v) is 2.56. The van der Waals surface area contributed by atoms with Crippen molar-refractivity contribution in [1.29, 1.82) is 0 Å². The molecule has 0 saturated carbocycles. The van der Waals surface area contributed by atoms with Crippen molar-refractivity contribution in [2.45, 2.75) is 10.6 Å². The van der Waals surface area contributed by atoms with Crippen LogP contribution in [0.25, 0.3) is 0 Å². The molecular weight excluding hydrogens is 320 g/mol. The Kier molecular flexibility index (Phi) is 3.93. The third-order valence-electron chi connectivity index (χ3n) is 2.17. The minimum atomic E-state index is -0.553. The molecule has 1 aromatic heterocycles. The zero-order valence-corrected chi connectivity index (χ0v) is 11.5. The van der Waals surface area contributed by atoms with E-state index in [4.69, 9.17) is 10.2 Å². The summed E-state index contributed by atoms with van der Waals surface area (Å²) in [6, 6.07) is 8.54. The van der Waals surface area contributed by atoms with Crippen molar-refractivity contribution in [3.63, 3.8) is 0 Å². The molecule has 18 heavy (non-hydrogen) atoms. The van der Waals surface area contributed by atoms with Crippen molar-refractivity contribution in [3.05, 3.63) is 50.7 Å². The predicted octanol–water partition coefficient (Wildman–Crippen LogP) is 3.82. The van der Waals surface area contributed by atoms with Crippen LogP contribution in [0.4, 0.5) is 11.6 Å². The molecule has 7 heteroatoms. The maximum Gasteiger partial charge on any atom is 0.433 e. The Morgan fingerprint density at radius 1 is 1.39 bits per heavy atom. The van der Waals surface area contributed by atoms with Crippen molar-refractivity contribution >= 4 is 39.3 Å². The molecule has 1 aromatic carbocycles. The smallest absolute Gasteiger partial charge is 0.405 e. The zero-order valence-electron chi connectivity index (χ0n) is 9.13. The van der Waals surface area contributed by atoms with E-state index in [1.807, 2.05) is 18.2 Å². The van der Waals surface area contributed by atoms with E-state index in [0.717, 1.165) is 9.37 Å². The van der Waals surface area contributed by atoms with Gasteiger partial charge < -0.3 is 10.2 Å². The second-order valence-electron chi connectivity index (χ2n) is 3.47. The van der Waals surface area contributed by atoms with Crippen LogP contribution in [0, 0.1) is 10.1 Å². The third kappa shape index (κ3) is 3.05. The molecule has 0 radical (unpaired) electrons. The number of hydrogen-bond acceptors (Lipinski definition) is 5. The summed E-state index contributed by atoms with van der Waals surface area (Å²) in [5, 5.41) is 10.5. The van der Waals surface area contributed by atoms with Crippen LogP contribution in [-0.2, 0) is 5.75 Å². The summed E-state index contributed by atoms with van der Waals surface area (Å²) in [6.07, 6.45) is 0. The quantitative estimate of drug-likeness (QED) is 0.399. The Labute approximate surface area is 116 Å². The van der Waals surface area contributed by atoms with E-state index in [2.05, 4.69) is 15.9 Å². The molecule has 2 aromatic rings. The molecule has 5 nitrogen and oxygen atoms in total. The first-order chi connectivity index (χ1) is 8.56. The molecule has 0 unspecified atom stereocenters. The number of nitrogens with zero attached hydrogens (tertiary/aromatic N) is 1. The molecule has 0 saturated heterocycles. The number of furan rings is 1. The Morgan fingerprint density at radius 3 is 2.78 bits per heavy atom. The standard InChI is InChI=1S/C11H9BrN2O3S/c12-7-1-3-10(9(13)5-7)18-6-8-2-4-11(17-8)14(15)16/h1-5H,6,13H2. The number of nitrogens with two attached hydrogens (primary N) is 1. The first-order valence-corrected chi connectivity index (χ1v) is 6.75. The van der Waals surface area contributed by atoms with Gasteiger partial charge in [0.05, 0.1) is 11.8 Å². The first kappa shape index (κ1) is 13.0. The lowest BCUT2D eigenvalue weighted by atomic mass is 10.3. The van der Waals surface area contributed by atoms with E-state index in [-0.39, 0.29) is 5.88 Å². The largest absolute Gasteiger partial charge is 0.433 e. The molecule has 0 aliphatic carbocycles. The maximum absolute atomic E-state index is 10.5. The van der Waals surface area contributed by atoms with Crippen LogP contribution in [0.3, 0.4) is 0 Å². The summed E-state index contributed by atoms with van der Waals surface area (Å²) in [5.41, 5.74) is 6.51. The van der Waals surface area contributed by atoms with Gasteiger partial charge in [-0.15, -0.1) is 11.8 Å². The molecule has 94 valence electrons. The molecule has 2 N–H and O–H groups in total. The van der Waals surface area contributed by atoms with Crippen molar-refractivity contribution in [1.82, 2.24) is 0 Å². The fraction of sp³-hybridized carbons (Fsp3) is 0.0909. The summed E-state index contributed by atoms with van der Waals surface area (Å²) in [7, 11) is 0. The summed E-state index contributed by atoms with van der Waals surface area (Å²) < 4.78 is 5.98. The van der Waals surface area contributed by atoms with Gasteiger partial charge in [-0.2, -0.15) is 0 Å². The SMILES string of the molecule is Nc1cc(Br)ccc1SCc1ccc([N+](=O)[O-])o1. The molecule has 2 rings (SSSR count). The Bertz CT molecular complexity index is 585. The second kappa shape index (κ2) is 5.45. The first-order valence-electron chi connectivity index (χ1n) is 4.97. The van der Waals surface area contributed by atoms with Crippen molar-refractivity contribution in [2.24, 2.45) is 0 Å². The molecule has 0 aliphatic rings. The Hall–Kier alpha value is -1.47. The number of benzene rings is 1. The van der Waals surface area contributed by atoms with Crippen LogP contribution in [0.15, 0.2) is 44.1 Å². The van der Waals surface area contributed by atoms with Crippen molar-refractivity contribution in [2.75, 3.05) is 5.73 Å². The third-order valence-corrected chi connectivity index (χ3v) is 3.77. The van der Waals surface area contributed by atoms with Gasteiger partial charge in [-0.3, -0.25) is 10.1 Å². The molecule has 1 heterocycles. The number of nitro groups is 1. The average molecular weight is 329 g/mol. The lowest BCUT2D eigenvalue weighted by molar-refractivity contribution is -0.402. The van der Waals surface area contributed by atoms with Gasteiger partial charge in [-0.05, 0) is 24.3 Å². The molecule has 0 amide bonds. The number of halogens is 1. The molecular formula is C11H9BrN2O3S. The Morgan fingerprint density at radius 2 is 2.17 bits per heavy atom. The van der Waals surface area contributed by atoms with E-state index in [9.17, 15) is 10.1 Å². The normalized spacial score (nSPS) is 10.5. The minimum absolute atomic E-state index is 0.241. The summed E-state index contributed by atoms with van der Waals surface area (Å²) in [6.45, 7) is 0. The van der Waals surface area contributed by atoms with Crippen molar-refractivity contribution < 1.29 is 9.34 Å². The highest BCUT2D eigenvalue weighted by molar-refractivity contribution is 9.10. The van der Waals surface area contributed by atoms with E-state index < -0.39 is 4.92 Å². The van der Waals surface area contributed by atoms with Crippen LogP contribution in [0.2, 0.25) is 0 Å². The summed E-state index contributed by atoms with van der Waals surface area (Å²) >= 11 is 4.80. The lowest BCUT2D eigenvalue weighted by Crippen LogP contribution is -1.88. The van der Waals surface area contributed by atoms with E-state index in [1.165, 1.54) is 17.8 Å². The fourth-order valence-electron chi connectivity index (χ4n) is 1.34. The van der Waals surface area contributed by atoms with Crippen LogP contribution < -0.4 is 5.73 Å². The second-order valence-corrected chi connectivity index (χ2v) is 5.40. The zero-order chi connectivity index (χ0) is 13.1. The maximum atomic E-state index is 10.5. The van der Waals surface area contributed by atoms with Crippen LogP contribution in [0.5, 0.6) is 0 Å². The van der Waals surface area contributed by atoms with Gasteiger partial charge in [0.25, 0.3) is 0 Å². The number of rotatable bonds is 4. The van der Waals surface area contributed by atoms with Gasteiger partial charge >= 0.3 is 5.88 Å². The highest BCUT2D eigenvalue weighted by Gasteiger charge is 2.12. The predicted molar refractivity (Wildman–Crippen MR) is 73.5 cm³/mol. The van der Waals surface area contributed by atoms with E-state index in [0.29, 0.717) is 17.2 Å². The lowest BCUT2D eigenvalue weighted by Gasteiger charge is -2.04. The number of nitrogen functional groups attached to an aromatic ring is 1. The van der Waals surface area contributed by atoms with Gasteiger partial charge in [0, 0.05) is 15.1 Å². The highest BCUT2D eigenvalue weighted by atomic mass is 79.9. The van der Waals surface area contributed by atoms with Gasteiger partial charge in [0.15, 0.2) is 0 Å². The molecule has 0 spiro atoms. The van der Waals surface area contributed by atoms with Crippen molar-refractivity contribution in [3.8, 4) is 0 Å². The summed E-state index contributed by atoms with van der Waals surface area (Å²) in [4.78, 5) is 10.8. The molecule has 0 aliphatic heterocycles. The number of thioether (sulfide) groups is 1. The molecule has 0 fully saturated rings. The van der Waals surface area contributed by atoms with E-state index in [1.54, 1.807) is 6.07 Å². The topological polar surface area (TPSA) is 82.3 Å². The van der Waals surface area contributed by atoms with Crippen LogP contribution in [-0.4, -0.2) is 4.92 Å². The highest BCUT2D eigenvalue weighted by Crippen LogP contribution is 2.31. The minimum Gasteiger partial charge on any atom is -0.405 e. The van der Waals surface area contributed by atoms with E-state index >= 15 is 0 Å². The summed E-state index contributed by atoms with van der Waals surface area (Å²) in [5.74, 6) is 0.808. The molecule has 0 bridgehead atoms. The monoisotopic (exact) mass is 328 g/mol. The molecule has 0 atom stereocenters. The van der Waals surface area contributed by atoms with Gasteiger partial charge in [-0.25, -0.2) is 0 Å². The van der Waals surface area contributed by atoms with Crippen LogP contribution >= 0.6 is 27.7 Å². The van der Waals surface area contributed by atoms with Gasteiger partial charge in [-0.1, -0.05) is 15.9 Å².